The van der Waals surface area contributed by atoms with Gasteiger partial charge in [0, 0.05) is 19.3 Å². The molecule has 0 spiro atoms. The normalized spacial score (nSPS) is 14.2. The van der Waals surface area contributed by atoms with Crippen LogP contribution in [-0.4, -0.2) is 40.5 Å². The number of oxazole rings is 1. The number of aromatic nitrogens is 3. The number of anilines is 3. The highest BCUT2D eigenvalue weighted by atomic mass is 16.4. The molecule has 26 heavy (non-hydrogen) atoms. The van der Waals surface area contributed by atoms with Gasteiger partial charge in [0.15, 0.2) is 5.76 Å². The van der Waals surface area contributed by atoms with Gasteiger partial charge in [-0.25, -0.2) is 15.0 Å². The number of hydrogen-bond acceptors (Lipinski definition) is 7. The molecule has 0 radical (unpaired) electrons. The zero-order valence-electron chi connectivity index (χ0n) is 14.3. The van der Waals surface area contributed by atoms with Crippen molar-refractivity contribution < 1.29 is 9.21 Å². The number of carbonyl (C=O) groups is 1. The lowest BCUT2D eigenvalue weighted by atomic mass is 10.3. The van der Waals surface area contributed by atoms with Crippen LogP contribution in [0.2, 0.25) is 0 Å². The molecule has 0 unspecified atom stereocenters. The van der Waals surface area contributed by atoms with Gasteiger partial charge in [0.05, 0.1) is 6.20 Å². The third-order valence-electron chi connectivity index (χ3n) is 3.97. The van der Waals surface area contributed by atoms with Crippen LogP contribution in [0.25, 0.3) is 11.5 Å². The Morgan fingerprint density at radius 1 is 1.15 bits per heavy atom. The van der Waals surface area contributed by atoms with Gasteiger partial charge in [-0.05, 0) is 30.7 Å². The van der Waals surface area contributed by atoms with E-state index >= 15 is 0 Å². The molecular formula is C18H18N6O2. The third-order valence-corrected chi connectivity index (χ3v) is 3.97. The lowest BCUT2D eigenvalue weighted by Gasteiger charge is -2.24. The van der Waals surface area contributed by atoms with E-state index < -0.39 is 0 Å². The maximum absolute atomic E-state index is 11.5. The fourth-order valence-electron chi connectivity index (χ4n) is 2.65. The van der Waals surface area contributed by atoms with Crippen molar-refractivity contribution in [2.24, 2.45) is 0 Å². The highest BCUT2D eigenvalue weighted by molar-refractivity contribution is 5.81. The van der Waals surface area contributed by atoms with E-state index in [1.54, 1.807) is 17.3 Å². The van der Waals surface area contributed by atoms with Crippen LogP contribution in [0.4, 0.5) is 17.7 Å². The SMILES string of the molecule is Cc1ccc(Nc2cccc(-c3cnc(N4CCNC(=O)C4)o3)n2)nc1. The predicted octanol–water partition coefficient (Wildman–Crippen LogP) is 2.12. The molecular weight excluding hydrogens is 332 g/mol. The van der Waals surface area contributed by atoms with Crippen LogP contribution < -0.4 is 15.5 Å². The molecule has 1 aliphatic rings. The van der Waals surface area contributed by atoms with Crippen molar-refractivity contribution >= 4 is 23.6 Å². The lowest BCUT2D eigenvalue weighted by Crippen LogP contribution is -2.47. The van der Waals surface area contributed by atoms with Gasteiger partial charge >= 0.3 is 0 Å². The summed E-state index contributed by atoms with van der Waals surface area (Å²) in [6, 6.07) is 9.90. The summed E-state index contributed by atoms with van der Waals surface area (Å²) < 4.78 is 5.81. The van der Waals surface area contributed by atoms with E-state index in [1.807, 2.05) is 37.3 Å². The fraction of sp³-hybridized carbons (Fsp3) is 0.222. The molecule has 0 atom stereocenters. The second-order valence-corrected chi connectivity index (χ2v) is 6.03. The zero-order valence-corrected chi connectivity index (χ0v) is 14.3. The van der Waals surface area contributed by atoms with E-state index in [0.29, 0.717) is 36.4 Å². The minimum absolute atomic E-state index is 0.0362. The lowest BCUT2D eigenvalue weighted by molar-refractivity contribution is -0.120. The molecule has 0 aromatic carbocycles. The number of pyridine rings is 2. The van der Waals surface area contributed by atoms with Crippen LogP contribution in [0.15, 0.2) is 47.1 Å². The van der Waals surface area contributed by atoms with Gasteiger partial charge < -0.3 is 20.0 Å². The first kappa shape index (κ1) is 16.1. The van der Waals surface area contributed by atoms with Crippen LogP contribution in [-0.2, 0) is 4.79 Å². The molecule has 0 aliphatic carbocycles. The minimum atomic E-state index is -0.0362. The first-order valence-electron chi connectivity index (χ1n) is 8.32. The molecule has 1 saturated heterocycles. The topological polar surface area (TPSA) is 96.2 Å². The number of carbonyl (C=O) groups excluding carboxylic acids is 1. The second-order valence-electron chi connectivity index (χ2n) is 6.03. The Morgan fingerprint density at radius 3 is 2.88 bits per heavy atom. The molecule has 3 aromatic heterocycles. The van der Waals surface area contributed by atoms with Crippen molar-refractivity contribution in [3.8, 4) is 11.5 Å². The van der Waals surface area contributed by atoms with Crippen molar-refractivity contribution in [2.75, 3.05) is 29.9 Å². The van der Waals surface area contributed by atoms with E-state index in [-0.39, 0.29) is 12.5 Å². The van der Waals surface area contributed by atoms with Gasteiger partial charge in [0.1, 0.15) is 23.9 Å². The number of hydrogen-bond donors (Lipinski definition) is 2. The van der Waals surface area contributed by atoms with Crippen molar-refractivity contribution in [1.29, 1.82) is 0 Å². The minimum Gasteiger partial charge on any atom is -0.422 e. The number of nitrogens with zero attached hydrogens (tertiary/aromatic N) is 4. The Labute approximate surface area is 150 Å². The molecule has 8 nitrogen and oxygen atoms in total. The number of nitrogens with one attached hydrogen (secondary N) is 2. The maximum Gasteiger partial charge on any atom is 0.298 e. The quantitative estimate of drug-likeness (QED) is 0.744. The molecule has 4 rings (SSSR count). The van der Waals surface area contributed by atoms with Crippen LogP contribution in [0.3, 0.4) is 0 Å². The van der Waals surface area contributed by atoms with Crippen LogP contribution in [0, 0.1) is 6.92 Å². The van der Waals surface area contributed by atoms with Crippen molar-refractivity contribution in [3.63, 3.8) is 0 Å². The van der Waals surface area contributed by atoms with Gasteiger partial charge in [-0.1, -0.05) is 12.1 Å². The summed E-state index contributed by atoms with van der Waals surface area (Å²) in [5.74, 6) is 1.89. The molecule has 0 saturated carbocycles. The molecule has 4 heterocycles. The van der Waals surface area contributed by atoms with Crippen LogP contribution >= 0.6 is 0 Å². The largest absolute Gasteiger partial charge is 0.422 e. The summed E-state index contributed by atoms with van der Waals surface area (Å²) in [5, 5.41) is 5.95. The number of aryl methyl sites for hydroxylation is 1. The Kier molecular flexibility index (Phi) is 4.22. The van der Waals surface area contributed by atoms with Gasteiger partial charge in [0.25, 0.3) is 6.01 Å². The molecule has 3 aromatic rings. The molecule has 132 valence electrons. The average molecular weight is 350 g/mol. The van der Waals surface area contributed by atoms with Gasteiger partial charge in [-0.15, -0.1) is 0 Å². The number of rotatable bonds is 4. The summed E-state index contributed by atoms with van der Waals surface area (Å²) in [4.78, 5) is 26.5. The molecule has 8 heteroatoms. The van der Waals surface area contributed by atoms with E-state index in [1.165, 1.54) is 0 Å². The standard InChI is InChI=1S/C18H18N6O2/c1-12-5-6-15(20-9-12)23-16-4-2-3-13(22-16)14-10-21-18(26-14)24-8-7-19-17(25)11-24/h2-6,9-10H,7-8,11H2,1H3,(H,19,25)(H,20,22,23). The van der Waals surface area contributed by atoms with Crippen molar-refractivity contribution in [2.45, 2.75) is 6.92 Å². The fourth-order valence-corrected chi connectivity index (χ4v) is 2.65. The average Bonchev–Trinajstić information content (AvgIpc) is 3.14. The summed E-state index contributed by atoms with van der Waals surface area (Å²) >= 11 is 0. The molecule has 1 amide bonds. The van der Waals surface area contributed by atoms with Crippen molar-refractivity contribution in [3.05, 3.63) is 48.3 Å². The van der Waals surface area contributed by atoms with E-state index in [2.05, 4.69) is 25.6 Å². The molecule has 2 N–H and O–H groups in total. The highest BCUT2D eigenvalue weighted by Crippen LogP contribution is 2.25. The van der Waals surface area contributed by atoms with Gasteiger partial charge in [-0.3, -0.25) is 4.79 Å². The predicted molar refractivity (Wildman–Crippen MR) is 97.2 cm³/mol. The summed E-state index contributed by atoms with van der Waals surface area (Å²) in [6.45, 7) is 3.48. The number of piperazine rings is 1. The summed E-state index contributed by atoms with van der Waals surface area (Å²) in [6.07, 6.45) is 3.42. The third kappa shape index (κ3) is 3.49. The Morgan fingerprint density at radius 2 is 2.08 bits per heavy atom. The highest BCUT2D eigenvalue weighted by Gasteiger charge is 2.21. The molecule has 0 bridgehead atoms. The summed E-state index contributed by atoms with van der Waals surface area (Å²) in [5.41, 5.74) is 1.75. The molecule has 1 fully saturated rings. The van der Waals surface area contributed by atoms with Gasteiger partial charge in [-0.2, -0.15) is 0 Å². The van der Waals surface area contributed by atoms with Gasteiger partial charge in [0.2, 0.25) is 5.91 Å². The van der Waals surface area contributed by atoms with E-state index in [4.69, 9.17) is 4.42 Å². The molecule has 1 aliphatic heterocycles. The second kappa shape index (κ2) is 6.83. The maximum atomic E-state index is 11.5. The Hall–Kier alpha value is -3.42. The van der Waals surface area contributed by atoms with Crippen LogP contribution in [0.5, 0.6) is 0 Å². The van der Waals surface area contributed by atoms with Crippen molar-refractivity contribution in [1.82, 2.24) is 20.3 Å². The summed E-state index contributed by atoms with van der Waals surface area (Å²) in [7, 11) is 0. The van der Waals surface area contributed by atoms with E-state index in [0.717, 1.165) is 11.4 Å². The Bertz CT molecular complexity index is 921. The first-order valence-corrected chi connectivity index (χ1v) is 8.32. The number of amides is 1. The monoisotopic (exact) mass is 350 g/mol. The van der Waals surface area contributed by atoms with E-state index in [9.17, 15) is 4.79 Å². The zero-order chi connectivity index (χ0) is 17.9. The smallest absolute Gasteiger partial charge is 0.298 e. The first-order chi connectivity index (χ1) is 12.7. The van der Waals surface area contributed by atoms with Crippen LogP contribution in [0.1, 0.15) is 5.56 Å². The Balaban J connectivity index is 1.53.